The molecule has 0 aliphatic carbocycles. The lowest BCUT2D eigenvalue weighted by Crippen LogP contribution is -2.47. The number of ether oxygens (including phenoxy) is 2. The highest BCUT2D eigenvalue weighted by atomic mass is 16.5. The highest BCUT2D eigenvalue weighted by Crippen LogP contribution is 2.24. The van der Waals surface area contributed by atoms with E-state index in [0.717, 1.165) is 11.1 Å². The molecular formula is C30H38N2O6. The Bertz CT molecular complexity index is 1040. The van der Waals surface area contributed by atoms with E-state index in [9.17, 15) is 19.5 Å². The number of hydrogen-bond acceptors (Lipinski definition) is 6. The van der Waals surface area contributed by atoms with Crippen LogP contribution in [0.5, 0.6) is 0 Å². The molecule has 0 bridgehead atoms. The predicted octanol–water partition coefficient (Wildman–Crippen LogP) is 3.26. The van der Waals surface area contributed by atoms with Crippen molar-refractivity contribution in [3.05, 3.63) is 83.9 Å². The summed E-state index contributed by atoms with van der Waals surface area (Å²) in [5.41, 5.74) is 1.75. The summed E-state index contributed by atoms with van der Waals surface area (Å²) >= 11 is 0. The maximum absolute atomic E-state index is 13.5. The van der Waals surface area contributed by atoms with E-state index in [0.29, 0.717) is 25.7 Å². The summed E-state index contributed by atoms with van der Waals surface area (Å²) in [6.45, 7) is -0.0889. The van der Waals surface area contributed by atoms with Gasteiger partial charge >= 0.3 is 5.97 Å². The van der Waals surface area contributed by atoms with E-state index in [1.165, 1.54) is 7.11 Å². The molecule has 3 N–H and O–H groups in total. The molecule has 0 spiro atoms. The molecule has 8 heteroatoms. The average molecular weight is 523 g/mol. The molecule has 2 amide bonds. The average Bonchev–Trinajstić information content (AvgIpc) is 2.93. The number of allylic oxidation sites excluding steroid dienone is 2. The van der Waals surface area contributed by atoms with Crippen LogP contribution in [0.3, 0.4) is 0 Å². The normalized spacial score (nSPS) is 21.7. The Hall–Kier alpha value is -3.49. The molecule has 0 fully saturated rings. The summed E-state index contributed by atoms with van der Waals surface area (Å²) in [5.74, 6) is -1.63. The smallest absolute Gasteiger partial charge is 0.306 e. The maximum atomic E-state index is 13.5. The zero-order valence-corrected chi connectivity index (χ0v) is 21.9. The van der Waals surface area contributed by atoms with Gasteiger partial charge in [0.15, 0.2) is 0 Å². The van der Waals surface area contributed by atoms with Crippen molar-refractivity contribution in [1.82, 2.24) is 10.6 Å². The first-order chi connectivity index (χ1) is 18.5. The van der Waals surface area contributed by atoms with Crippen molar-refractivity contribution in [2.75, 3.05) is 20.3 Å². The molecule has 3 rings (SSSR count). The fourth-order valence-electron chi connectivity index (χ4n) is 4.51. The zero-order valence-electron chi connectivity index (χ0n) is 21.9. The number of methoxy groups -OCH3 is 1. The number of benzene rings is 2. The van der Waals surface area contributed by atoms with Gasteiger partial charge in [-0.25, -0.2) is 0 Å². The Kier molecular flexibility index (Phi) is 12.0. The highest BCUT2D eigenvalue weighted by molar-refractivity contribution is 5.86. The number of nitrogens with one attached hydrogen (secondary N) is 2. The van der Waals surface area contributed by atoms with Gasteiger partial charge in [-0.3, -0.25) is 14.4 Å². The number of cyclic esters (lactones) is 1. The third-order valence-corrected chi connectivity index (χ3v) is 6.48. The zero-order chi connectivity index (χ0) is 27.2. The van der Waals surface area contributed by atoms with Crippen LogP contribution < -0.4 is 10.6 Å². The molecule has 0 saturated heterocycles. The van der Waals surface area contributed by atoms with E-state index in [1.807, 2.05) is 72.8 Å². The van der Waals surface area contributed by atoms with Crippen molar-refractivity contribution in [2.45, 2.75) is 56.7 Å². The Morgan fingerprint density at radius 3 is 2.50 bits per heavy atom. The van der Waals surface area contributed by atoms with Gasteiger partial charge < -0.3 is 25.2 Å². The van der Waals surface area contributed by atoms with Crippen LogP contribution >= 0.6 is 0 Å². The fourth-order valence-corrected chi connectivity index (χ4v) is 4.51. The van der Waals surface area contributed by atoms with E-state index in [1.54, 1.807) is 0 Å². The molecule has 2 aromatic rings. The SMILES string of the molecule is COCC1NC(=O)C(CC(=O)NC(CO)Cc2ccccc2)CC=CCCCC(=O)OC1c1ccccc1. The lowest BCUT2D eigenvalue weighted by molar-refractivity contribution is -0.153. The Balaban J connectivity index is 1.76. The quantitative estimate of drug-likeness (QED) is 0.344. The van der Waals surface area contributed by atoms with Gasteiger partial charge in [0, 0.05) is 20.0 Å². The Labute approximate surface area is 224 Å². The molecule has 1 heterocycles. The second-order valence-electron chi connectivity index (χ2n) is 9.53. The minimum absolute atomic E-state index is 0.0447. The minimum atomic E-state index is -0.736. The lowest BCUT2D eigenvalue weighted by atomic mass is 9.96. The van der Waals surface area contributed by atoms with E-state index in [4.69, 9.17) is 9.47 Å². The number of carbonyl (C=O) groups excluding carboxylic acids is 3. The van der Waals surface area contributed by atoms with E-state index in [-0.39, 0.29) is 43.8 Å². The number of hydrogen-bond donors (Lipinski definition) is 3. The number of rotatable bonds is 9. The molecule has 38 heavy (non-hydrogen) atoms. The fraction of sp³-hybridized carbons (Fsp3) is 0.433. The van der Waals surface area contributed by atoms with Crippen LogP contribution in [0.25, 0.3) is 0 Å². The van der Waals surface area contributed by atoms with Crippen molar-refractivity contribution in [3.8, 4) is 0 Å². The van der Waals surface area contributed by atoms with Crippen LogP contribution in [-0.2, 0) is 30.3 Å². The topological polar surface area (TPSA) is 114 Å². The molecule has 0 radical (unpaired) electrons. The summed E-state index contributed by atoms with van der Waals surface area (Å²) in [6.07, 6.45) is 5.43. The molecule has 0 aromatic heterocycles. The van der Waals surface area contributed by atoms with Gasteiger partial charge in [-0.2, -0.15) is 0 Å². The first kappa shape index (κ1) is 29.1. The van der Waals surface area contributed by atoms with Crippen molar-refractivity contribution in [1.29, 1.82) is 0 Å². The standard InChI is InChI=1S/C30H38N2O6/c1-37-21-26-29(23-14-9-5-10-15-23)38-28(35)17-11-3-2-8-16-24(30(36)32-26)19-27(34)31-25(20-33)18-22-12-6-4-7-13-22/h2,4-10,12-15,24-26,29,33H,3,11,16-21H2,1H3,(H,31,34)(H,32,36). The van der Waals surface area contributed by atoms with Crippen molar-refractivity contribution in [3.63, 3.8) is 0 Å². The molecule has 2 aromatic carbocycles. The Morgan fingerprint density at radius 1 is 1.11 bits per heavy atom. The maximum Gasteiger partial charge on any atom is 0.306 e. The molecule has 8 nitrogen and oxygen atoms in total. The third-order valence-electron chi connectivity index (χ3n) is 6.48. The number of aliphatic hydroxyl groups is 1. The molecular weight excluding hydrogens is 484 g/mol. The monoisotopic (exact) mass is 522 g/mol. The van der Waals surface area contributed by atoms with Crippen LogP contribution in [0.15, 0.2) is 72.8 Å². The number of esters is 1. The van der Waals surface area contributed by atoms with Gasteiger partial charge in [-0.05, 0) is 36.8 Å². The second kappa shape index (κ2) is 15.7. The van der Waals surface area contributed by atoms with Gasteiger partial charge in [0.1, 0.15) is 6.10 Å². The number of amides is 2. The van der Waals surface area contributed by atoms with Gasteiger partial charge in [0.25, 0.3) is 0 Å². The van der Waals surface area contributed by atoms with Crippen LogP contribution in [0.1, 0.15) is 49.3 Å². The van der Waals surface area contributed by atoms with Crippen molar-refractivity contribution in [2.24, 2.45) is 5.92 Å². The number of aliphatic hydroxyl groups excluding tert-OH is 1. The molecule has 4 atom stereocenters. The molecule has 0 saturated carbocycles. The highest BCUT2D eigenvalue weighted by Gasteiger charge is 2.31. The van der Waals surface area contributed by atoms with E-state index >= 15 is 0 Å². The molecule has 4 unspecified atom stereocenters. The van der Waals surface area contributed by atoms with Gasteiger partial charge in [-0.1, -0.05) is 72.8 Å². The van der Waals surface area contributed by atoms with E-state index < -0.39 is 24.1 Å². The summed E-state index contributed by atoms with van der Waals surface area (Å²) in [7, 11) is 1.52. The van der Waals surface area contributed by atoms with E-state index in [2.05, 4.69) is 10.6 Å². The lowest BCUT2D eigenvalue weighted by Gasteiger charge is -2.29. The van der Waals surface area contributed by atoms with Crippen molar-refractivity contribution >= 4 is 17.8 Å². The van der Waals surface area contributed by atoms with Gasteiger partial charge in [0.05, 0.1) is 31.2 Å². The van der Waals surface area contributed by atoms with Crippen LogP contribution in [0.2, 0.25) is 0 Å². The van der Waals surface area contributed by atoms with Gasteiger partial charge in [0.2, 0.25) is 11.8 Å². The first-order valence-electron chi connectivity index (χ1n) is 13.1. The van der Waals surface area contributed by atoms with Crippen molar-refractivity contribution < 1.29 is 29.0 Å². The summed E-state index contributed by atoms with van der Waals surface area (Å²) in [6, 6.07) is 17.8. The summed E-state index contributed by atoms with van der Waals surface area (Å²) in [4.78, 5) is 39.0. The second-order valence-corrected chi connectivity index (χ2v) is 9.53. The predicted molar refractivity (Wildman–Crippen MR) is 144 cm³/mol. The van der Waals surface area contributed by atoms with Crippen LogP contribution in [0.4, 0.5) is 0 Å². The minimum Gasteiger partial charge on any atom is -0.455 e. The summed E-state index contributed by atoms with van der Waals surface area (Å²) in [5, 5.41) is 15.7. The first-order valence-corrected chi connectivity index (χ1v) is 13.1. The van der Waals surface area contributed by atoms with Gasteiger partial charge in [-0.15, -0.1) is 0 Å². The molecule has 1 aliphatic rings. The number of carbonyl (C=O) groups is 3. The molecule has 204 valence electrons. The third kappa shape index (κ3) is 9.43. The molecule has 1 aliphatic heterocycles. The van der Waals surface area contributed by atoms with Crippen LogP contribution in [0, 0.1) is 5.92 Å². The largest absolute Gasteiger partial charge is 0.455 e. The Morgan fingerprint density at radius 2 is 1.82 bits per heavy atom. The van der Waals surface area contributed by atoms with Crippen LogP contribution in [-0.4, -0.2) is 55.3 Å². The summed E-state index contributed by atoms with van der Waals surface area (Å²) < 4.78 is 11.2.